The summed E-state index contributed by atoms with van der Waals surface area (Å²) in [5.41, 5.74) is 0.585. The lowest BCUT2D eigenvalue weighted by atomic mass is 9.97. The van der Waals surface area contributed by atoms with Gasteiger partial charge >= 0.3 is 6.18 Å². The Labute approximate surface area is 135 Å². The van der Waals surface area contributed by atoms with Gasteiger partial charge in [0, 0.05) is 18.7 Å². The molecule has 0 unspecified atom stereocenters. The van der Waals surface area contributed by atoms with E-state index < -0.39 is 23.8 Å². The molecule has 3 rings (SSSR count). The molecule has 1 saturated heterocycles. The van der Waals surface area contributed by atoms with Gasteiger partial charge in [0.2, 0.25) is 0 Å². The second-order valence-electron chi connectivity index (χ2n) is 5.80. The van der Waals surface area contributed by atoms with Crippen molar-refractivity contribution in [3.05, 3.63) is 48.0 Å². The van der Waals surface area contributed by atoms with E-state index in [1.165, 1.54) is 35.2 Å². The monoisotopic (exact) mass is 341 g/mol. The van der Waals surface area contributed by atoms with Crippen molar-refractivity contribution in [3.63, 3.8) is 0 Å². The molecule has 0 radical (unpaired) electrons. The van der Waals surface area contributed by atoms with Crippen LogP contribution in [0.25, 0.3) is 11.3 Å². The minimum Gasteiger partial charge on any atom is -0.451 e. The second-order valence-corrected chi connectivity index (χ2v) is 5.80. The van der Waals surface area contributed by atoms with Crippen LogP contribution in [0.3, 0.4) is 0 Å². The third-order valence-corrected chi connectivity index (χ3v) is 4.12. The molecule has 1 atom stereocenters. The Balaban J connectivity index is 1.75. The molecule has 0 bridgehead atoms. The van der Waals surface area contributed by atoms with Crippen molar-refractivity contribution in [1.82, 2.24) is 4.90 Å². The van der Waals surface area contributed by atoms with Crippen LogP contribution in [0.1, 0.15) is 23.4 Å². The lowest BCUT2D eigenvalue weighted by Gasteiger charge is -2.33. The topological polar surface area (TPSA) is 33.5 Å². The van der Waals surface area contributed by atoms with Gasteiger partial charge in [0.05, 0.1) is 5.92 Å². The molecule has 0 aliphatic carbocycles. The number of likely N-dealkylation sites (tertiary alicyclic amines) is 1. The fourth-order valence-corrected chi connectivity index (χ4v) is 2.81. The van der Waals surface area contributed by atoms with Crippen LogP contribution in [0.5, 0.6) is 0 Å². The zero-order valence-electron chi connectivity index (χ0n) is 12.6. The smallest absolute Gasteiger partial charge is 0.393 e. The first kappa shape index (κ1) is 16.5. The SMILES string of the molecule is O=C(c1ccc(-c2ccc(F)cc2)o1)N1CCC[C@@H](C(F)(F)F)C1. The molecule has 3 nitrogen and oxygen atoms in total. The summed E-state index contributed by atoms with van der Waals surface area (Å²) in [5.74, 6) is -2.10. The third kappa shape index (κ3) is 3.44. The highest BCUT2D eigenvalue weighted by molar-refractivity contribution is 5.92. The number of halogens is 4. The quantitative estimate of drug-likeness (QED) is 0.754. The van der Waals surface area contributed by atoms with Crippen molar-refractivity contribution in [1.29, 1.82) is 0 Å². The summed E-state index contributed by atoms with van der Waals surface area (Å²) in [4.78, 5) is 13.6. The average molecular weight is 341 g/mol. The molecule has 128 valence electrons. The fourth-order valence-electron chi connectivity index (χ4n) is 2.81. The summed E-state index contributed by atoms with van der Waals surface area (Å²) in [7, 11) is 0. The average Bonchev–Trinajstić information content (AvgIpc) is 3.04. The van der Waals surface area contributed by atoms with E-state index in [1.54, 1.807) is 6.07 Å². The molecule has 1 aliphatic heterocycles. The number of benzene rings is 1. The maximum atomic E-state index is 12.9. The van der Waals surface area contributed by atoms with Crippen molar-refractivity contribution in [2.75, 3.05) is 13.1 Å². The van der Waals surface area contributed by atoms with Crippen molar-refractivity contribution in [3.8, 4) is 11.3 Å². The Morgan fingerprint density at radius 3 is 2.50 bits per heavy atom. The highest BCUT2D eigenvalue weighted by atomic mass is 19.4. The van der Waals surface area contributed by atoms with E-state index in [1.807, 2.05) is 0 Å². The minimum absolute atomic E-state index is 0.0165. The van der Waals surface area contributed by atoms with Crippen LogP contribution < -0.4 is 0 Å². The number of nitrogens with zero attached hydrogens (tertiary/aromatic N) is 1. The number of furan rings is 1. The number of amides is 1. The lowest BCUT2D eigenvalue weighted by molar-refractivity contribution is -0.184. The van der Waals surface area contributed by atoms with Crippen LogP contribution in [0.4, 0.5) is 17.6 Å². The molecule has 0 N–H and O–H groups in total. The zero-order valence-corrected chi connectivity index (χ0v) is 12.6. The molecule has 1 aromatic carbocycles. The molecule has 2 heterocycles. The minimum atomic E-state index is -4.30. The van der Waals surface area contributed by atoms with Gasteiger partial charge in [0.25, 0.3) is 5.91 Å². The molecule has 1 aromatic heterocycles. The summed E-state index contributed by atoms with van der Waals surface area (Å²) in [6.45, 7) is -0.0765. The van der Waals surface area contributed by atoms with Crippen molar-refractivity contribution < 1.29 is 26.8 Å². The molecular formula is C17H15F4NO2. The van der Waals surface area contributed by atoms with Gasteiger partial charge in [-0.3, -0.25) is 4.79 Å². The Morgan fingerprint density at radius 1 is 1.12 bits per heavy atom. The van der Waals surface area contributed by atoms with Gasteiger partial charge in [-0.2, -0.15) is 13.2 Å². The highest BCUT2D eigenvalue weighted by Crippen LogP contribution is 2.34. The van der Waals surface area contributed by atoms with Gasteiger partial charge in [-0.15, -0.1) is 0 Å². The van der Waals surface area contributed by atoms with E-state index in [9.17, 15) is 22.4 Å². The van der Waals surface area contributed by atoms with E-state index >= 15 is 0 Å². The van der Waals surface area contributed by atoms with Gasteiger partial charge in [-0.1, -0.05) is 0 Å². The van der Waals surface area contributed by atoms with Gasteiger partial charge in [-0.05, 0) is 49.2 Å². The maximum Gasteiger partial charge on any atom is 0.393 e. The summed E-state index contributed by atoms with van der Waals surface area (Å²) >= 11 is 0. The molecule has 0 spiro atoms. The Morgan fingerprint density at radius 2 is 1.83 bits per heavy atom. The highest BCUT2D eigenvalue weighted by Gasteiger charge is 2.43. The molecular weight excluding hydrogens is 326 g/mol. The summed E-state index contributed by atoms with van der Waals surface area (Å²) in [5, 5.41) is 0. The lowest BCUT2D eigenvalue weighted by Crippen LogP contribution is -2.44. The number of piperidine rings is 1. The number of rotatable bonds is 2. The van der Waals surface area contributed by atoms with Gasteiger partial charge in [0.15, 0.2) is 5.76 Å². The first-order valence-electron chi connectivity index (χ1n) is 7.56. The number of hydrogen-bond acceptors (Lipinski definition) is 2. The van der Waals surface area contributed by atoms with Gasteiger partial charge in [0.1, 0.15) is 11.6 Å². The van der Waals surface area contributed by atoms with Crippen LogP contribution in [-0.2, 0) is 0 Å². The van der Waals surface area contributed by atoms with Crippen LogP contribution in [-0.4, -0.2) is 30.1 Å². The van der Waals surface area contributed by atoms with E-state index in [0.717, 1.165) is 0 Å². The molecule has 24 heavy (non-hydrogen) atoms. The van der Waals surface area contributed by atoms with E-state index in [-0.39, 0.29) is 25.3 Å². The first-order chi connectivity index (χ1) is 11.3. The first-order valence-corrected chi connectivity index (χ1v) is 7.56. The van der Waals surface area contributed by atoms with Crippen molar-refractivity contribution in [2.45, 2.75) is 19.0 Å². The van der Waals surface area contributed by atoms with Crippen LogP contribution in [0.2, 0.25) is 0 Å². The Hall–Kier alpha value is -2.31. The molecule has 1 fully saturated rings. The third-order valence-electron chi connectivity index (χ3n) is 4.12. The molecule has 2 aromatic rings. The number of carbonyl (C=O) groups is 1. The molecule has 1 aliphatic rings. The largest absolute Gasteiger partial charge is 0.451 e. The summed E-state index contributed by atoms with van der Waals surface area (Å²) < 4.78 is 56.9. The Kier molecular flexibility index (Phi) is 4.34. The van der Waals surface area contributed by atoms with Crippen LogP contribution in [0.15, 0.2) is 40.8 Å². The normalized spacial score (nSPS) is 18.7. The Bertz CT molecular complexity index is 721. The predicted molar refractivity (Wildman–Crippen MR) is 78.8 cm³/mol. The van der Waals surface area contributed by atoms with Crippen molar-refractivity contribution in [2.24, 2.45) is 5.92 Å². The zero-order chi connectivity index (χ0) is 17.3. The standard InChI is InChI=1S/C17H15F4NO2/c18-13-5-3-11(4-6-13)14-7-8-15(24-14)16(23)22-9-1-2-12(10-22)17(19,20)21/h3-8,12H,1-2,9-10H2/t12-/m1/s1. The van der Waals surface area contributed by atoms with Crippen molar-refractivity contribution >= 4 is 5.91 Å². The van der Waals surface area contributed by atoms with E-state index in [4.69, 9.17) is 4.42 Å². The number of alkyl halides is 3. The van der Waals surface area contributed by atoms with E-state index in [0.29, 0.717) is 17.7 Å². The summed E-state index contributed by atoms with van der Waals surface area (Å²) in [6, 6.07) is 8.51. The van der Waals surface area contributed by atoms with Gasteiger partial charge < -0.3 is 9.32 Å². The summed E-state index contributed by atoms with van der Waals surface area (Å²) in [6.07, 6.45) is -3.96. The molecule has 1 amide bonds. The fraction of sp³-hybridized carbons (Fsp3) is 0.353. The maximum absolute atomic E-state index is 12.9. The molecule has 0 saturated carbocycles. The van der Waals surface area contributed by atoms with Gasteiger partial charge in [-0.25, -0.2) is 4.39 Å². The van der Waals surface area contributed by atoms with Crippen LogP contribution >= 0.6 is 0 Å². The second kappa shape index (κ2) is 6.30. The number of carbonyl (C=O) groups excluding carboxylic acids is 1. The molecule has 7 heteroatoms. The van der Waals surface area contributed by atoms with E-state index in [2.05, 4.69) is 0 Å². The van der Waals surface area contributed by atoms with Crippen LogP contribution in [0, 0.1) is 11.7 Å². The predicted octanol–water partition coefficient (Wildman–Crippen LogP) is 4.50. The number of hydrogen-bond donors (Lipinski definition) is 0.